The van der Waals surface area contributed by atoms with E-state index in [4.69, 9.17) is 4.74 Å². The second-order valence-electron chi connectivity index (χ2n) is 5.63. The Balaban J connectivity index is 2.06. The van der Waals surface area contributed by atoms with Crippen molar-refractivity contribution in [3.05, 3.63) is 59.2 Å². The average Bonchev–Trinajstić information content (AvgIpc) is 2.75. The Bertz CT molecular complexity index is 589. The van der Waals surface area contributed by atoms with Crippen LogP contribution in [0, 0.1) is 5.92 Å². The first-order valence-corrected chi connectivity index (χ1v) is 6.92. The van der Waals surface area contributed by atoms with Gasteiger partial charge in [-0.3, -0.25) is 0 Å². The molecule has 2 aromatic carbocycles. The Morgan fingerprint density at radius 1 is 1.11 bits per heavy atom. The van der Waals surface area contributed by atoms with Gasteiger partial charge in [0.15, 0.2) is 0 Å². The zero-order chi connectivity index (χ0) is 13.4. The fourth-order valence-corrected chi connectivity index (χ4v) is 3.23. The van der Waals surface area contributed by atoms with Gasteiger partial charge in [-0.1, -0.05) is 42.7 Å². The third kappa shape index (κ3) is 2.16. The van der Waals surface area contributed by atoms with E-state index in [-0.39, 0.29) is 0 Å². The molecule has 0 unspecified atom stereocenters. The summed E-state index contributed by atoms with van der Waals surface area (Å²) in [4.78, 5) is 0. The molecule has 0 aromatic heterocycles. The smallest absolute Gasteiger partial charge is 0.139 e. The largest absolute Gasteiger partial charge is 0.497 e. The van der Waals surface area contributed by atoms with Crippen LogP contribution >= 0.6 is 0 Å². The van der Waals surface area contributed by atoms with E-state index in [0.29, 0.717) is 11.8 Å². The number of rotatable bonds is 2. The van der Waals surface area contributed by atoms with Crippen LogP contribution in [0.5, 0.6) is 5.75 Å². The zero-order valence-corrected chi connectivity index (χ0v) is 11.8. The molecule has 1 aliphatic rings. The molecule has 2 aromatic rings. The van der Waals surface area contributed by atoms with Crippen LogP contribution in [0.15, 0.2) is 42.5 Å². The maximum absolute atomic E-state index is 5.38. The van der Waals surface area contributed by atoms with E-state index < -0.39 is 0 Å². The van der Waals surface area contributed by atoms with Crippen LogP contribution in [-0.4, -0.2) is 15.0 Å². The molecule has 0 saturated heterocycles. The van der Waals surface area contributed by atoms with Crippen molar-refractivity contribution in [1.82, 2.24) is 0 Å². The van der Waals surface area contributed by atoms with Crippen LogP contribution in [-0.2, 0) is 6.42 Å². The van der Waals surface area contributed by atoms with Crippen molar-refractivity contribution in [2.24, 2.45) is 5.92 Å². The molecule has 0 fully saturated rings. The van der Waals surface area contributed by atoms with Gasteiger partial charge in [0.25, 0.3) is 0 Å². The molecule has 0 N–H and O–H groups in total. The van der Waals surface area contributed by atoms with Crippen molar-refractivity contribution in [2.75, 3.05) is 7.11 Å². The molecular weight excluding hydrogens is 231 g/mol. The maximum atomic E-state index is 5.38. The normalized spacial score (nSPS) is 21.2. The maximum Gasteiger partial charge on any atom is 0.139 e. The molecular formula is C17H19BO. The number of fused-ring (bicyclic) bond motifs is 1. The van der Waals surface area contributed by atoms with Crippen LogP contribution in [0.25, 0.3) is 0 Å². The zero-order valence-electron chi connectivity index (χ0n) is 11.8. The van der Waals surface area contributed by atoms with Gasteiger partial charge in [-0.05, 0) is 41.2 Å². The fraction of sp³-hybridized carbons (Fsp3) is 0.294. The molecule has 1 aliphatic carbocycles. The third-order valence-electron chi connectivity index (χ3n) is 4.24. The molecule has 0 heterocycles. The highest BCUT2D eigenvalue weighted by Crippen LogP contribution is 2.43. The summed E-state index contributed by atoms with van der Waals surface area (Å²) in [6, 6.07) is 15.5. The summed E-state index contributed by atoms with van der Waals surface area (Å²) in [5, 5.41) is 0. The molecule has 96 valence electrons. The van der Waals surface area contributed by atoms with E-state index in [1.165, 1.54) is 22.2 Å². The van der Waals surface area contributed by atoms with Gasteiger partial charge < -0.3 is 4.74 Å². The Labute approximate surface area is 116 Å². The minimum Gasteiger partial charge on any atom is -0.497 e. The van der Waals surface area contributed by atoms with Crippen molar-refractivity contribution in [3.63, 3.8) is 0 Å². The van der Waals surface area contributed by atoms with Crippen LogP contribution in [0.1, 0.15) is 29.5 Å². The highest BCUT2D eigenvalue weighted by molar-refractivity contribution is 6.32. The van der Waals surface area contributed by atoms with Crippen LogP contribution in [0.3, 0.4) is 0 Å². The molecule has 0 saturated carbocycles. The lowest BCUT2D eigenvalue weighted by Crippen LogP contribution is -2.08. The number of hydrogen-bond acceptors (Lipinski definition) is 1. The van der Waals surface area contributed by atoms with Crippen molar-refractivity contribution in [3.8, 4) is 5.75 Å². The molecule has 0 spiro atoms. The van der Waals surface area contributed by atoms with Crippen LogP contribution in [0.2, 0.25) is 0 Å². The number of hydrogen-bond donors (Lipinski definition) is 0. The van der Waals surface area contributed by atoms with Gasteiger partial charge in [0.2, 0.25) is 0 Å². The van der Waals surface area contributed by atoms with Crippen molar-refractivity contribution in [1.29, 1.82) is 0 Å². The molecule has 2 heteroatoms. The Hall–Kier alpha value is -1.70. The van der Waals surface area contributed by atoms with Crippen molar-refractivity contribution >= 4 is 13.3 Å². The van der Waals surface area contributed by atoms with E-state index in [2.05, 4.69) is 57.2 Å². The lowest BCUT2D eigenvalue weighted by Gasteiger charge is -2.18. The van der Waals surface area contributed by atoms with E-state index in [1.807, 2.05) is 0 Å². The van der Waals surface area contributed by atoms with Gasteiger partial charge >= 0.3 is 0 Å². The standard InChI is InChI=1S/C17H19BO/c1-11-9-13-5-8-15(19-2)10-16(13)17(11)12-3-6-14(18)7-4-12/h3-8,10-11,17H,9,18H2,1-2H3/t11-,17-/m0/s1. The van der Waals surface area contributed by atoms with Gasteiger partial charge in [-0.25, -0.2) is 0 Å². The number of methoxy groups -OCH3 is 1. The summed E-state index contributed by atoms with van der Waals surface area (Å²) in [6.07, 6.45) is 1.16. The first-order chi connectivity index (χ1) is 9.19. The summed E-state index contributed by atoms with van der Waals surface area (Å²) >= 11 is 0. The van der Waals surface area contributed by atoms with Gasteiger partial charge in [-0.2, -0.15) is 0 Å². The summed E-state index contributed by atoms with van der Waals surface area (Å²) in [6.45, 7) is 2.34. The van der Waals surface area contributed by atoms with Gasteiger partial charge in [0.1, 0.15) is 13.6 Å². The summed E-state index contributed by atoms with van der Waals surface area (Å²) in [5.41, 5.74) is 5.65. The summed E-state index contributed by atoms with van der Waals surface area (Å²) in [7, 11) is 3.87. The summed E-state index contributed by atoms with van der Waals surface area (Å²) in [5.74, 6) is 2.13. The predicted molar refractivity (Wildman–Crippen MR) is 82.3 cm³/mol. The Kier molecular flexibility index (Phi) is 3.10. The van der Waals surface area contributed by atoms with Gasteiger partial charge in [0.05, 0.1) is 7.11 Å². The van der Waals surface area contributed by atoms with Crippen molar-refractivity contribution < 1.29 is 4.74 Å². The van der Waals surface area contributed by atoms with Gasteiger partial charge in [0, 0.05) is 5.92 Å². The SMILES string of the molecule is Bc1ccc([C@H]2c3cc(OC)ccc3C[C@@H]2C)cc1. The highest BCUT2D eigenvalue weighted by atomic mass is 16.5. The van der Waals surface area contributed by atoms with E-state index in [0.717, 1.165) is 12.2 Å². The quantitative estimate of drug-likeness (QED) is 0.743. The molecule has 0 amide bonds. The molecule has 2 atom stereocenters. The lowest BCUT2D eigenvalue weighted by molar-refractivity contribution is 0.414. The highest BCUT2D eigenvalue weighted by Gasteiger charge is 2.30. The first kappa shape index (κ1) is 12.3. The Morgan fingerprint density at radius 2 is 1.84 bits per heavy atom. The summed E-state index contributed by atoms with van der Waals surface area (Å²) < 4.78 is 5.38. The molecule has 0 bridgehead atoms. The predicted octanol–water partition coefficient (Wildman–Crippen LogP) is 2.28. The lowest BCUT2D eigenvalue weighted by atomic mass is 9.85. The number of benzene rings is 2. The van der Waals surface area contributed by atoms with E-state index >= 15 is 0 Å². The average molecular weight is 250 g/mol. The molecule has 1 nitrogen and oxygen atoms in total. The molecule has 19 heavy (non-hydrogen) atoms. The van der Waals surface area contributed by atoms with Crippen LogP contribution < -0.4 is 10.2 Å². The van der Waals surface area contributed by atoms with E-state index in [1.54, 1.807) is 7.11 Å². The fourth-order valence-electron chi connectivity index (χ4n) is 3.23. The second-order valence-corrected chi connectivity index (χ2v) is 5.63. The second kappa shape index (κ2) is 4.77. The van der Waals surface area contributed by atoms with Gasteiger partial charge in [-0.15, -0.1) is 0 Å². The topological polar surface area (TPSA) is 9.23 Å². The molecule has 3 rings (SSSR count). The molecule has 0 radical (unpaired) electrons. The monoisotopic (exact) mass is 250 g/mol. The first-order valence-electron chi connectivity index (χ1n) is 6.92. The van der Waals surface area contributed by atoms with Crippen molar-refractivity contribution in [2.45, 2.75) is 19.3 Å². The Morgan fingerprint density at radius 3 is 2.53 bits per heavy atom. The van der Waals surface area contributed by atoms with E-state index in [9.17, 15) is 0 Å². The minimum absolute atomic E-state index is 0.505. The molecule has 0 aliphatic heterocycles. The minimum atomic E-state index is 0.505. The third-order valence-corrected chi connectivity index (χ3v) is 4.24. The van der Waals surface area contributed by atoms with Crippen LogP contribution in [0.4, 0.5) is 0 Å². The number of ether oxygens (including phenoxy) is 1.